The zero-order chi connectivity index (χ0) is 11.4. The molecule has 16 heavy (non-hydrogen) atoms. The fourth-order valence-electron chi connectivity index (χ4n) is 1.37. The third kappa shape index (κ3) is 2.76. The summed E-state index contributed by atoms with van der Waals surface area (Å²) in [6.45, 7) is 1.24. The van der Waals surface area contributed by atoms with Crippen molar-refractivity contribution in [1.29, 1.82) is 0 Å². The van der Waals surface area contributed by atoms with Crippen LogP contribution in [0.3, 0.4) is 0 Å². The lowest BCUT2D eigenvalue weighted by Gasteiger charge is -2.08. The average molecular weight is 240 g/mol. The van der Waals surface area contributed by atoms with Gasteiger partial charge in [0.25, 0.3) is 0 Å². The number of aromatic nitrogens is 1. The Morgan fingerprint density at radius 3 is 2.69 bits per heavy atom. The number of nitrogens with zero attached hydrogens (tertiary/aromatic N) is 1. The van der Waals surface area contributed by atoms with E-state index in [0.29, 0.717) is 17.4 Å². The van der Waals surface area contributed by atoms with Crippen LogP contribution in [0.25, 0.3) is 0 Å². The van der Waals surface area contributed by atoms with Gasteiger partial charge in [-0.1, -0.05) is 11.6 Å². The van der Waals surface area contributed by atoms with E-state index in [1.54, 1.807) is 0 Å². The standard InChI is InChI=1S/C12H11ClFNO/c13-11-9-10(14)3-4-12(11)16-8-7-15-5-1-2-6-15/h1-6,9H,7-8H2. The first-order chi connectivity index (χ1) is 7.75. The average Bonchev–Trinajstić information content (AvgIpc) is 2.74. The van der Waals surface area contributed by atoms with Gasteiger partial charge in [-0.15, -0.1) is 0 Å². The zero-order valence-corrected chi connectivity index (χ0v) is 9.32. The van der Waals surface area contributed by atoms with Crippen molar-refractivity contribution in [2.75, 3.05) is 6.61 Å². The van der Waals surface area contributed by atoms with Crippen molar-refractivity contribution >= 4 is 11.6 Å². The van der Waals surface area contributed by atoms with Crippen molar-refractivity contribution < 1.29 is 9.13 Å². The predicted molar refractivity (Wildman–Crippen MR) is 61.3 cm³/mol. The first-order valence-electron chi connectivity index (χ1n) is 4.94. The van der Waals surface area contributed by atoms with Crippen LogP contribution >= 0.6 is 11.6 Å². The lowest BCUT2D eigenvalue weighted by Crippen LogP contribution is -2.06. The van der Waals surface area contributed by atoms with Crippen molar-refractivity contribution in [3.63, 3.8) is 0 Å². The maximum Gasteiger partial charge on any atom is 0.138 e. The first-order valence-corrected chi connectivity index (χ1v) is 5.32. The zero-order valence-electron chi connectivity index (χ0n) is 8.57. The van der Waals surface area contributed by atoms with E-state index in [1.807, 2.05) is 29.1 Å². The largest absolute Gasteiger partial charge is 0.490 e. The van der Waals surface area contributed by atoms with Crippen molar-refractivity contribution in [3.8, 4) is 5.75 Å². The summed E-state index contributed by atoms with van der Waals surface area (Å²) >= 11 is 5.82. The molecule has 2 rings (SSSR count). The summed E-state index contributed by atoms with van der Waals surface area (Å²) in [5.41, 5.74) is 0. The number of ether oxygens (including phenoxy) is 1. The Balaban J connectivity index is 1.90. The molecule has 0 bridgehead atoms. The predicted octanol–water partition coefficient (Wildman–Crippen LogP) is 3.36. The fourth-order valence-corrected chi connectivity index (χ4v) is 1.59. The van der Waals surface area contributed by atoms with Crippen molar-refractivity contribution in [2.45, 2.75) is 6.54 Å². The molecule has 0 aliphatic heterocycles. The Kier molecular flexibility index (Phi) is 3.47. The van der Waals surface area contributed by atoms with Crippen LogP contribution in [0.1, 0.15) is 0 Å². The highest BCUT2D eigenvalue weighted by molar-refractivity contribution is 6.32. The van der Waals surface area contributed by atoms with E-state index in [9.17, 15) is 4.39 Å². The molecule has 0 saturated carbocycles. The van der Waals surface area contributed by atoms with Crippen molar-refractivity contribution in [2.24, 2.45) is 0 Å². The first kappa shape index (κ1) is 11.0. The molecule has 0 amide bonds. The molecular formula is C12H11ClFNO. The van der Waals surface area contributed by atoms with Gasteiger partial charge in [0.2, 0.25) is 0 Å². The third-order valence-electron chi connectivity index (χ3n) is 2.17. The van der Waals surface area contributed by atoms with Gasteiger partial charge in [-0.25, -0.2) is 4.39 Å². The van der Waals surface area contributed by atoms with E-state index in [0.717, 1.165) is 6.54 Å². The maximum atomic E-state index is 12.7. The van der Waals surface area contributed by atoms with Gasteiger partial charge in [0.1, 0.15) is 18.2 Å². The molecule has 0 atom stereocenters. The van der Waals surface area contributed by atoms with Gasteiger partial charge >= 0.3 is 0 Å². The molecule has 0 N–H and O–H groups in total. The van der Waals surface area contributed by atoms with Crippen LogP contribution in [0.5, 0.6) is 5.75 Å². The molecule has 0 fully saturated rings. The third-order valence-corrected chi connectivity index (χ3v) is 2.46. The summed E-state index contributed by atoms with van der Waals surface area (Å²) in [6.07, 6.45) is 3.91. The minimum Gasteiger partial charge on any atom is -0.490 e. The van der Waals surface area contributed by atoms with Crippen molar-refractivity contribution in [1.82, 2.24) is 4.57 Å². The van der Waals surface area contributed by atoms with Crippen LogP contribution < -0.4 is 4.74 Å². The van der Waals surface area contributed by atoms with Crippen molar-refractivity contribution in [3.05, 3.63) is 53.6 Å². The Hall–Kier alpha value is -1.48. The van der Waals surface area contributed by atoms with E-state index >= 15 is 0 Å². The molecule has 4 heteroatoms. The molecule has 1 aromatic carbocycles. The summed E-state index contributed by atoms with van der Waals surface area (Å²) in [6, 6.07) is 8.01. The van der Waals surface area contributed by atoms with Gasteiger partial charge in [0.05, 0.1) is 11.6 Å². The normalized spacial score (nSPS) is 10.4. The minimum atomic E-state index is -0.359. The van der Waals surface area contributed by atoms with E-state index in [1.165, 1.54) is 18.2 Å². The van der Waals surface area contributed by atoms with Crippen LogP contribution in [0.4, 0.5) is 4.39 Å². The molecule has 2 aromatic rings. The fraction of sp³-hybridized carbons (Fsp3) is 0.167. The lowest BCUT2D eigenvalue weighted by atomic mass is 10.3. The van der Waals surface area contributed by atoms with Gasteiger partial charge in [-0.2, -0.15) is 0 Å². The van der Waals surface area contributed by atoms with E-state index < -0.39 is 0 Å². The highest BCUT2D eigenvalue weighted by Gasteiger charge is 2.02. The van der Waals surface area contributed by atoms with E-state index in [2.05, 4.69) is 0 Å². The molecule has 0 radical (unpaired) electrons. The van der Waals surface area contributed by atoms with Crippen LogP contribution in [0, 0.1) is 5.82 Å². The van der Waals surface area contributed by atoms with Crippen LogP contribution in [0.2, 0.25) is 5.02 Å². The highest BCUT2D eigenvalue weighted by atomic mass is 35.5. The Morgan fingerprint density at radius 1 is 1.25 bits per heavy atom. The second-order valence-electron chi connectivity index (χ2n) is 3.34. The molecule has 0 aliphatic carbocycles. The number of benzene rings is 1. The summed E-state index contributed by atoms with van der Waals surface area (Å²) in [4.78, 5) is 0. The van der Waals surface area contributed by atoms with Gasteiger partial charge < -0.3 is 9.30 Å². The molecule has 0 saturated heterocycles. The second kappa shape index (κ2) is 5.03. The molecule has 84 valence electrons. The number of halogens is 2. The van der Waals surface area contributed by atoms with Gasteiger partial charge in [0.15, 0.2) is 0 Å². The molecule has 1 heterocycles. The highest BCUT2D eigenvalue weighted by Crippen LogP contribution is 2.24. The summed E-state index contributed by atoms with van der Waals surface area (Å²) in [5, 5.41) is 0.299. The SMILES string of the molecule is Fc1ccc(OCCn2cccc2)c(Cl)c1. The molecule has 0 aliphatic rings. The minimum absolute atomic E-state index is 0.299. The monoisotopic (exact) mass is 239 g/mol. The quantitative estimate of drug-likeness (QED) is 0.798. The Bertz CT molecular complexity index is 456. The molecule has 0 spiro atoms. The lowest BCUT2D eigenvalue weighted by molar-refractivity contribution is 0.298. The number of rotatable bonds is 4. The summed E-state index contributed by atoms with van der Waals surface area (Å²) < 4.78 is 20.2. The second-order valence-corrected chi connectivity index (χ2v) is 3.75. The molecule has 0 unspecified atom stereocenters. The van der Waals surface area contributed by atoms with Crippen LogP contribution in [-0.4, -0.2) is 11.2 Å². The molecule has 1 aromatic heterocycles. The van der Waals surface area contributed by atoms with Crippen LogP contribution in [-0.2, 0) is 6.54 Å². The summed E-state index contributed by atoms with van der Waals surface area (Å²) in [5.74, 6) is 0.151. The van der Waals surface area contributed by atoms with E-state index in [4.69, 9.17) is 16.3 Å². The maximum absolute atomic E-state index is 12.7. The van der Waals surface area contributed by atoms with Gasteiger partial charge in [-0.3, -0.25) is 0 Å². The van der Waals surface area contributed by atoms with Crippen LogP contribution in [0.15, 0.2) is 42.7 Å². The molecule has 2 nitrogen and oxygen atoms in total. The van der Waals surface area contributed by atoms with E-state index in [-0.39, 0.29) is 5.82 Å². The van der Waals surface area contributed by atoms with Gasteiger partial charge in [-0.05, 0) is 30.3 Å². The number of hydrogen-bond donors (Lipinski definition) is 0. The Labute approximate surface area is 98.2 Å². The molecular weight excluding hydrogens is 229 g/mol. The smallest absolute Gasteiger partial charge is 0.138 e. The topological polar surface area (TPSA) is 14.2 Å². The van der Waals surface area contributed by atoms with Gasteiger partial charge in [0, 0.05) is 12.4 Å². The number of hydrogen-bond acceptors (Lipinski definition) is 1. The Morgan fingerprint density at radius 2 is 2.00 bits per heavy atom. The summed E-state index contributed by atoms with van der Waals surface area (Å²) in [7, 11) is 0.